The monoisotopic (exact) mass is 512 g/mol. The number of carbonyl (C=O) groups excluding carboxylic acids is 1. The van der Waals surface area contributed by atoms with Gasteiger partial charge < -0.3 is 20.7 Å². The first kappa shape index (κ1) is 26.1. The maximum absolute atomic E-state index is 15.3. The number of aryl methyl sites for hydroxylation is 1. The number of hydrogen-bond acceptors (Lipinski definition) is 5. The average Bonchev–Trinajstić information content (AvgIpc) is 3.13. The lowest BCUT2D eigenvalue weighted by atomic mass is 9.92. The van der Waals surface area contributed by atoms with Gasteiger partial charge in [0.2, 0.25) is 5.92 Å². The van der Waals surface area contributed by atoms with Crippen molar-refractivity contribution in [3.63, 3.8) is 0 Å². The SMILES string of the molecule is Cc1ncc(C(=O)NC2CCC(F)(F)CC2)cc1-c1cc(OC(F)F)cc(F)c1N1CC[C@](C)(N)C1. The fourth-order valence-electron chi connectivity index (χ4n) is 4.83. The lowest BCUT2D eigenvalue weighted by Gasteiger charge is -2.29. The maximum atomic E-state index is 15.3. The molecule has 11 heteroatoms. The van der Waals surface area contributed by atoms with Crippen molar-refractivity contribution in [2.75, 3.05) is 18.0 Å². The number of alkyl halides is 4. The number of nitrogens with two attached hydrogens (primary N) is 1. The number of anilines is 1. The van der Waals surface area contributed by atoms with E-state index >= 15 is 4.39 Å². The predicted octanol–water partition coefficient (Wildman–Crippen LogP) is 5.03. The van der Waals surface area contributed by atoms with Crippen LogP contribution in [0.4, 0.5) is 27.6 Å². The third-order valence-corrected chi connectivity index (χ3v) is 6.77. The Hall–Kier alpha value is -2.95. The topological polar surface area (TPSA) is 80.5 Å². The largest absolute Gasteiger partial charge is 0.435 e. The molecule has 2 fully saturated rings. The Morgan fingerprint density at radius 1 is 1.19 bits per heavy atom. The molecule has 1 saturated heterocycles. The minimum absolute atomic E-state index is 0.143. The number of aromatic nitrogens is 1. The molecule has 1 amide bonds. The second kappa shape index (κ2) is 9.84. The minimum Gasteiger partial charge on any atom is -0.435 e. The molecular formula is C25H29F5N4O2. The van der Waals surface area contributed by atoms with Crippen LogP contribution in [0, 0.1) is 12.7 Å². The van der Waals surface area contributed by atoms with Crippen molar-refractivity contribution < 1.29 is 31.5 Å². The van der Waals surface area contributed by atoms with Gasteiger partial charge in [-0.2, -0.15) is 8.78 Å². The van der Waals surface area contributed by atoms with Gasteiger partial charge in [0.15, 0.2) is 5.82 Å². The van der Waals surface area contributed by atoms with E-state index in [0.29, 0.717) is 30.8 Å². The molecule has 4 rings (SSSR count). The van der Waals surface area contributed by atoms with Crippen LogP contribution >= 0.6 is 0 Å². The summed E-state index contributed by atoms with van der Waals surface area (Å²) in [7, 11) is 0. The first-order chi connectivity index (χ1) is 16.8. The van der Waals surface area contributed by atoms with Crippen LogP contribution < -0.4 is 20.7 Å². The molecule has 2 aliphatic rings. The molecule has 2 heterocycles. The van der Waals surface area contributed by atoms with Gasteiger partial charge in [-0.15, -0.1) is 0 Å². The minimum atomic E-state index is -3.15. The third-order valence-electron chi connectivity index (χ3n) is 6.77. The van der Waals surface area contributed by atoms with Gasteiger partial charge in [-0.25, -0.2) is 13.2 Å². The van der Waals surface area contributed by atoms with Crippen LogP contribution in [0.5, 0.6) is 5.75 Å². The Balaban J connectivity index is 1.70. The van der Waals surface area contributed by atoms with Crippen molar-refractivity contribution in [3.05, 3.63) is 41.5 Å². The summed E-state index contributed by atoms with van der Waals surface area (Å²) in [6, 6.07) is 3.29. The molecule has 6 nitrogen and oxygen atoms in total. The average molecular weight is 513 g/mol. The molecule has 1 aromatic carbocycles. The fourth-order valence-corrected chi connectivity index (χ4v) is 4.83. The summed E-state index contributed by atoms with van der Waals surface area (Å²) in [5.74, 6) is -4.36. The number of nitrogens with one attached hydrogen (secondary N) is 1. The second-order valence-electron chi connectivity index (χ2n) is 9.97. The number of ether oxygens (including phenoxy) is 1. The van der Waals surface area contributed by atoms with E-state index in [1.807, 2.05) is 6.92 Å². The molecule has 0 unspecified atom stereocenters. The number of halogens is 5. The molecule has 0 bridgehead atoms. The normalized spacial score (nSPS) is 22.2. The molecule has 36 heavy (non-hydrogen) atoms. The van der Waals surface area contributed by atoms with Crippen molar-refractivity contribution in [2.45, 2.75) is 70.1 Å². The smallest absolute Gasteiger partial charge is 0.387 e. The Labute approximate surface area is 206 Å². The van der Waals surface area contributed by atoms with Crippen LogP contribution in [0.3, 0.4) is 0 Å². The van der Waals surface area contributed by atoms with Gasteiger partial charge in [-0.1, -0.05) is 0 Å². The van der Waals surface area contributed by atoms with Crippen molar-refractivity contribution in [2.24, 2.45) is 5.73 Å². The summed E-state index contributed by atoms with van der Waals surface area (Å²) >= 11 is 0. The Bertz CT molecular complexity index is 1130. The van der Waals surface area contributed by atoms with Crippen LogP contribution in [0.2, 0.25) is 0 Å². The fraction of sp³-hybridized carbons (Fsp3) is 0.520. The van der Waals surface area contributed by atoms with Gasteiger partial charge in [0, 0.05) is 66.6 Å². The molecule has 196 valence electrons. The highest BCUT2D eigenvalue weighted by atomic mass is 19.3. The second-order valence-corrected chi connectivity index (χ2v) is 9.97. The number of rotatable bonds is 6. The Morgan fingerprint density at radius 3 is 2.50 bits per heavy atom. The summed E-state index contributed by atoms with van der Waals surface area (Å²) in [6.07, 6.45) is 1.64. The van der Waals surface area contributed by atoms with Crippen molar-refractivity contribution in [1.82, 2.24) is 10.3 Å². The molecule has 3 N–H and O–H groups in total. The summed E-state index contributed by atoms with van der Waals surface area (Å²) in [4.78, 5) is 18.9. The van der Waals surface area contributed by atoms with Gasteiger partial charge in [0.1, 0.15) is 5.75 Å². The molecular weight excluding hydrogens is 483 g/mol. The van der Waals surface area contributed by atoms with E-state index < -0.39 is 35.8 Å². The highest BCUT2D eigenvalue weighted by molar-refractivity contribution is 5.96. The number of benzene rings is 1. The number of amides is 1. The zero-order chi connectivity index (χ0) is 26.3. The van der Waals surface area contributed by atoms with E-state index in [1.165, 1.54) is 18.3 Å². The van der Waals surface area contributed by atoms with E-state index in [1.54, 1.807) is 11.8 Å². The van der Waals surface area contributed by atoms with Crippen LogP contribution in [0.15, 0.2) is 24.4 Å². The molecule has 1 atom stereocenters. The molecule has 0 radical (unpaired) electrons. The van der Waals surface area contributed by atoms with E-state index in [4.69, 9.17) is 5.73 Å². The first-order valence-electron chi connectivity index (χ1n) is 11.8. The standard InChI is InChI=1S/C25H29F5N4O2/c1-14-18(9-15(12-32-14)22(35)33-16-3-5-25(29,30)6-4-16)19-10-17(36-23(27)28)11-20(26)21(19)34-8-7-24(2,31)13-34/h9-12,16,23H,3-8,13,31H2,1-2H3,(H,33,35)/t24-/m0/s1. The van der Waals surface area contributed by atoms with Crippen LogP contribution in [0.1, 0.15) is 55.1 Å². The molecule has 0 spiro atoms. The van der Waals surface area contributed by atoms with Crippen molar-refractivity contribution in [3.8, 4) is 16.9 Å². The highest BCUT2D eigenvalue weighted by Gasteiger charge is 2.36. The number of carbonyl (C=O) groups is 1. The predicted molar refractivity (Wildman–Crippen MR) is 125 cm³/mol. The van der Waals surface area contributed by atoms with E-state index in [9.17, 15) is 22.4 Å². The van der Waals surface area contributed by atoms with Crippen molar-refractivity contribution in [1.29, 1.82) is 0 Å². The van der Waals surface area contributed by atoms with Gasteiger partial charge in [0.05, 0.1) is 11.3 Å². The van der Waals surface area contributed by atoms with Crippen molar-refractivity contribution >= 4 is 11.6 Å². The van der Waals surface area contributed by atoms with Crippen LogP contribution in [0.25, 0.3) is 11.1 Å². The zero-order valence-corrected chi connectivity index (χ0v) is 20.1. The zero-order valence-electron chi connectivity index (χ0n) is 20.1. The van der Waals surface area contributed by atoms with Gasteiger partial charge >= 0.3 is 6.61 Å². The Morgan fingerprint density at radius 2 is 1.89 bits per heavy atom. The lowest BCUT2D eigenvalue weighted by molar-refractivity contribution is -0.0499. The summed E-state index contributed by atoms with van der Waals surface area (Å²) in [6.45, 7) is 1.13. The van der Waals surface area contributed by atoms with E-state index in [0.717, 1.165) is 6.07 Å². The van der Waals surface area contributed by atoms with Crippen LogP contribution in [-0.2, 0) is 0 Å². The number of hydrogen-bond donors (Lipinski definition) is 2. The Kier molecular flexibility index (Phi) is 7.14. The van der Waals surface area contributed by atoms with E-state index in [2.05, 4.69) is 15.0 Å². The first-order valence-corrected chi connectivity index (χ1v) is 11.8. The lowest BCUT2D eigenvalue weighted by Crippen LogP contribution is -2.40. The molecule has 1 aliphatic heterocycles. The number of nitrogens with zero attached hydrogens (tertiary/aromatic N) is 2. The molecule has 1 saturated carbocycles. The van der Waals surface area contributed by atoms with Gasteiger partial charge in [-0.05, 0) is 45.2 Å². The quantitative estimate of drug-likeness (QED) is 0.531. The summed E-state index contributed by atoms with van der Waals surface area (Å²) in [5, 5.41) is 2.76. The van der Waals surface area contributed by atoms with Gasteiger partial charge in [-0.3, -0.25) is 9.78 Å². The highest BCUT2D eigenvalue weighted by Crippen LogP contribution is 2.41. The van der Waals surface area contributed by atoms with Crippen LogP contribution in [-0.4, -0.2) is 48.1 Å². The molecule has 2 aromatic rings. The van der Waals surface area contributed by atoms with Gasteiger partial charge in [0.25, 0.3) is 5.91 Å². The van der Waals surface area contributed by atoms with E-state index in [-0.39, 0.29) is 48.2 Å². The molecule has 1 aliphatic carbocycles. The summed E-state index contributed by atoms with van der Waals surface area (Å²) in [5.41, 5.74) is 7.01. The summed E-state index contributed by atoms with van der Waals surface area (Å²) < 4.78 is 72.6. The molecule has 1 aromatic heterocycles. The maximum Gasteiger partial charge on any atom is 0.387 e. The number of pyridine rings is 1. The third kappa shape index (κ3) is 5.88.